The van der Waals surface area contributed by atoms with Crippen molar-refractivity contribution < 1.29 is 0 Å². The van der Waals surface area contributed by atoms with E-state index in [4.69, 9.17) is 0 Å². The maximum absolute atomic E-state index is 4.47. The van der Waals surface area contributed by atoms with Gasteiger partial charge in [0.25, 0.3) is 0 Å². The summed E-state index contributed by atoms with van der Waals surface area (Å²) in [6, 6.07) is 11.3. The van der Waals surface area contributed by atoms with E-state index in [1.165, 1.54) is 17.1 Å². The average molecular weight is 476 g/mol. The van der Waals surface area contributed by atoms with Gasteiger partial charge >= 0.3 is 0 Å². The summed E-state index contributed by atoms with van der Waals surface area (Å²) in [7, 11) is 4.06. The van der Waals surface area contributed by atoms with Crippen molar-refractivity contribution in [2.45, 2.75) is 31.2 Å². The molecule has 0 aromatic heterocycles. The van der Waals surface area contributed by atoms with Crippen LogP contribution in [0, 0.1) is 5.92 Å². The Balaban J connectivity index is 0.00000312. The lowest BCUT2D eigenvalue weighted by Crippen LogP contribution is -2.43. The van der Waals surface area contributed by atoms with E-state index in [2.05, 4.69) is 71.3 Å². The third-order valence-electron chi connectivity index (χ3n) is 4.66. The first-order valence-corrected chi connectivity index (χ1v) is 9.92. The summed E-state index contributed by atoms with van der Waals surface area (Å²) >= 11 is 1.97. The Labute approximate surface area is 174 Å². The highest BCUT2D eigenvalue weighted by molar-refractivity contribution is 14.0. The molecule has 1 atom stereocenters. The van der Waals surface area contributed by atoms with Gasteiger partial charge in [0.2, 0.25) is 0 Å². The molecule has 4 nitrogen and oxygen atoms in total. The molecule has 0 saturated carbocycles. The molecule has 1 aromatic carbocycles. The molecule has 6 heteroatoms. The molecule has 0 radical (unpaired) electrons. The molecule has 0 amide bonds. The monoisotopic (exact) mass is 476 g/mol. The summed E-state index contributed by atoms with van der Waals surface area (Å²) in [5.41, 5.74) is 0. The first-order chi connectivity index (χ1) is 11.6. The SMILES string of the molecule is CN=C(NCCN(C)C(C)C)N1CCC(CSc2ccccc2)C1.I. The number of likely N-dealkylation sites (N-methyl/N-ethyl adjacent to an activating group) is 1. The summed E-state index contributed by atoms with van der Waals surface area (Å²) in [6.45, 7) is 8.66. The minimum absolute atomic E-state index is 0. The standard InChI is InChI=1S/C19H32N4S.HI/c1-16(2)22(4)13-11-21-19(20-3)23-12-10-17(14-23)15-24-18-8-6-5-7-9-18;/h5-9,16-17H,10-15H2,1-4H3,(H,20,21);1H. The number of likely N-dealkylation sites (tertiary alicyclic amines) is 1. The summed E-state index contributed by atoms with van der Waals surface area (Å²) in [4.78, 5) is 10.6. The summed E-state index contributed by atoms with van der Waals surface area (Å²) in [6.07, 6.45) is 1.26. The van der Waals surface area contributed by atoms with Gasteiger partial charge in [-0.25, -0.2) is 0 Å². The molecule has 1 aliphatic heterocycles. The molecular formula is C19H33IN4S. The number of hydrogen-bond acceptors (Lipinski definition) is 3. The summed E-state index contributed by atoms with van der Waals surface area (Å²) in [5.74, 6) is 2.99. The van der Waals surface area contributed by atoms with Crippen LogP contribution in [0.25, 0.3) is 0 Å². The van der Waals surface area contributed by atoms with E-state index in [0.717, 1.165) is 38.1 Å². The normalized spacial score (nSPS) is 17.9. The number of benzene rings is 1. The van der Waals surface area contributed by atoms with Crippen LogP contribution in [-0.4, -0.2) is 67.8 Å². The van der Waals surface area contributed by atoms with Crippen LogP contribution in [0.4, 0.5) is 0 Å². The van der Waals surface area contributed by atoms with Gasteiger partial charge in [0.05, 0.1) is 0 Å². The molecule has 1 heterocycles. The molecule has 1 fully saturated rings. The van der Waals surface area contributed by atoms with E-state index in [-0.39, 0.29) is 24.0 Å². The van der Waals surface area contributed by atoms with Crippen molar-refractivity contribution in [1.82, 2.24) is 15.1 Å². The van der Waals surface area contributed by atoms with Crippen molar-refractivity contribution in [3.8, 4) is 0 Å². The molecule has 25 heavy (non-hydrogen) atoms. The lowest BCUT2D eigenvalue weighted by Gasteiger charge is -2.25. The van der Waals surface area contributed by atoms with E-state index in [9.17, 15) is 0 Å². The number of rotatable bonds is 7. The molecule has 1 aliphatic rings. The number of guanidine groups is 1. The zero-order valence-electron chi connectivity index (χ0n) is 15.9. The van der Waals surface area contributed by atoms with Crippen LogP contribution in [0.15, 0.2) is 40.2 Å². The highest BCUT2D eigenvalue weighted by atomic mass is 127. The van der Waals surface area contributed by atoms with Crippen LogP contribution in [-0.2, 0) is 0 Å². The van der Waals surface area contributed by atoms with Gasteiger partial charge in [-0.3, -0.25) is 4.99 Å². The Morgan fingerprint density at radius 1 is 1.36 bits per heavy atom. The van der Waals surface area contributed by atoms with Crippen molar-refractivity contribution in [3.05, 3.63) is 30.3 Å². The quantitative estimate of drug-likeness (QED) is 0.282. The number of nitrogens with one attached hydrogen (secondary N) is 1. The molecule has 1 unspecified atom stereocenters. The molecule has 1 saturated heterocycles. The number of nitrogens with zero attached hydrogens (tertiary/aromatic N) is 3. The fraction of sp³-hybridized carbons (Fsp3) is 0.632. The molecule has 1 N–H and O–H groups in total. The molecule has 0 spiro atoms. The van der Waals surface area contributed by atoms with E-state index in [1.54, 1.807) is 0 Å². The second-order valence-electron chi connectivity index (χ2n) is 6.77. The lowest BCUT2D eigenvalue weighted by molar-refractivity contribution is 0.277. The molecule has 2 rings (SSSR count). The minimum atomic E-state index is 0. The van der Waals surface area contributed by atoms with Gasteiger partial charge in [0, 0.05) is 49.9 Å². The van der Waals surface area contributed by atoms with Crippen LogP contribution in [0.2, 0.25) is 0 Å². The van der Waals surface area contributed by atoms with E-state index in [1.807, 2.05) is 18.8 Å². The van der Waals surface area contributed by atoms with Gasteiger partial charge in [-0.1, -0.05) is 18.2 Å². The third-order valence-corrected chi connectivity index (χ3v) is 5.90. The number of hydrogen-bond donors (Lipinski definition) is 1. The van der Waals surface area contributed by atoms with Crippen LogP contribution < -0.4 is 5.32 Å². The number of thioether (sulfide) groups is 1. The van der Waals surface area contributed by atoms with Crippen LogP contribution in [0.3, 0.4) is 0 Å². The largest absolute Gasteiger partial charge is 0.355 e. The van der Waals surface area contributed by atoms with E-state index in [0.29, 0.717) is 6.04 Å². The van der Waals surface area contributed by atoms with Crippen LogP contribution in [0.1, 0.15) is 20.3 Å². The fourth-order valence-electron chi connectivity index (χ4n) is 2.83. The van der Waals surface area contributed by atoms with Crippen LogP contribution >= 0.6 is 35.7 Å². The zero-order valence-corrected chi connectivity index (χ0v) is 19.1. The molecule has 0 bridgehead atoms. The van der Waals surface area contributed by atoms with Gasteiger partial charge in [-0.05, 0) is 45.4 Å². The minimum Gasteiger partial charge on any atom is -0.355 e. The predicted molar refractivity (Wildman–Crippen MR) is 121 cm³/mol. The van der Waals surface area contributed by atoms with E-state index < -0.39 is 0 Å². The molecule has 0 aliphatic carbocycles. The lowest BCUT2D eigenvalue weighted by atomic mass is 10.2. The summed E-state index contributed by atoms with van der Waals surface area (Å²) < 4.78 is 0. The Hall–Kier alpha value is -0.470. The van der Waals surface area contributed by atoms with Crippen LogP contribution in [0.5, 0.6) is 0 Å². The van der Waals surface area contributed by atoms with E-state index >= 15 is 0 Å². The molecular weight excluding hydrogens is 443 g/mol. The first-order valence-electron chi connectivity index (χ1n) is 8.94. The maximum Gasteiger partial charge on any atom is 0.193 e. The van der Waals surface area contributed by atoms with Crippen molar-refractivity contribution in [2.24, 2.45) is 10.9 Å². The van der Waals surface area contributed by atoms with Crippen molar-refractivity contribution in [2.75, 3.05) is 46.0 Å². The summed E-state index contributed by atoms with van der Waals surface area (Å²) in [5, 5.41) is 3.52. The van der Waals surface area contributed by atoms with Crippen molar-refractivity contribution >= 4 is 41.7 Å². The fourth-order valence-corrected chi connectivity index (χ4v) is 3.88. The second-order valence-corrected chi connectivity index (χ2v) is 7.87. The third kappa shape index (κ3) is 7.74. The molecule has 1 aromatic rings. The first kappa shape index (κ1) is 22.6. The Morgan fingerprint density at radius 3 is 2.72 bits per heavy atom. The number of aliphatic imine (C=N–C) groups is 1. The Kier molecular flexibility index (Phi) is 10.8. The van der Waals surface area contributed by atoms with Gasteiger partial charge < -0.3 is 15.1 Å². The predicted octanol–water partition coefficient (Wildman–Crippen LogP) is 3.63. The Morgan fingerprint density at radius 2 is 2.08 bits per heavy atom. The van der Waals surface area contributed by atoms with Gasteiger partial charge in [0.1, 0.15) is 0 Å². The van der Waals surface area contributed by atoms with Crippen molar-refractivity contribution in [1.29, 1.82) is 0 Å². The topological polar surface area (TPSA) is 30.9 Å². The number of halogens is 1. The van der Waals surface area contributed by atoms with Gasteiger partial charge in [0.15, 0.2) is 5.96 Å². The highest BCUT2D eigenvalue weighted by Gasteiger charge is 2.24. The Bertz CT molecular complexity index is 509. The average Bonchev–Trinajstić information content (AvgIpc) is 3.06. The zero-order chi connectivity index (χ0) is 17.4. The molecule has 142 valence electrons. The highest BCUT2D eigenvalue weighted by Crippen LogP contribution is 2.25. The maximum atomic E-state index is 4.47. The van der Waals surface area contributed by atoms with Crippen molar-refractivity contribution in [3.63, 3.8) is 0 Å². The van der Waals surface area contributed by atoms with Gasteiger partial charge in [-0.15, -0.1) is 35.7 Å². The second kappa shape index (κ2) is 12.0. The van der Waals surface area contributed by atoms with Gasteiger partial charge in [-0.2, -0.15) is 0 Å². The smallest absolute Gasteiger partial charge is 0.193 e.